The predicted molar refractivity (Wildman–Crippen MR) is 167 cm³/mol. The minimum Gasteiger partial charge on any atom is -0.312 e. The summed E-state index contributed by atoms with van der Waals surface area (Å²) in [5.41, 5.74) is 8.87. The highest BCUT2D eigenvalue weighted by atomic mass is 16.1. The van der Waals surface area contributed by atoms with E-state index in [0.29, 0.717) is 5.56 Å². The van der Waals surface area contributed by atoms with E-state index in [2.05, 4.69) is 127 Å². The summed E-state index contributed by atoms with van der Waals surface area (Å²) in [6.45, 7) is 2.15. The first-order chi connectivity index (χ1) is 20.2. The van der Waals surface area contributed by atoms with Crippen molar-refractivity contribution in [2.75, 3.05) is 0 Å². The van der Waals surface area contributed by atoms with Crippen molar-refractivity contribution in [2.24, 2.45) is 0 Å². The zero-order valence-electron chi connectivity index (χ0n) is 22.7. The van der Waals surface area contributed by atoms with E-state index in [1.54, 1.807) is 0 Å². The van der Waals surface area contributed by atoms with Gasteiger partial charge in [0, 0.05) is 5.56 Å². The molecule has 7 aromatic rings. The van der Waals surface area contributed by atoms with E-state index < -0.39 is 5.54 Å². The molecule has 0 radical (unpaired) electrons. The van der Waals surface area contributed by atoms with Gasteiger partial charge in [-0.2, -0.15) is 0 Å². The minimum atomic E-state index is -0.634. The molecule has 0 saturated carbocycles. The lowest BCUT2D eigenvalue weighted by Crippen LogP contribution is -2.37. The van der Waals surface area contributed by atoms with Crippen molar-refractivity contribution in [3.8, 4) is 11.1 Å². The van der Waals surface area contributed by atoms with Gasteiger partial charge in [0.2, 0.25) is 0 Å². The van der Waals surface area contributed by atoms with Crippen LogP contribution in [0.3, 0.4) is 0 Å². The summed E-state index contributed by atoms with van der Waals surface area (Å²) in [7, 11) is 0. The Bertz CT molecular complexity index is 1910. The SMILES string of the molecule is Cc1c(-c2ccc(C=O)c3ccccc23)ccc2c1ncn2C(c1ccccc1)(c1ccccc1)c1ccccc1. The lowest BCUT2D eigenvalue weighted by Gasteiger charge is -2.38. The van der Waals surface area contributed by atoms with Gasteiger partial charge >= 0.3 is 0 Å². The van der Waals surface area contributed by atoms with Crippen molar-refractivity contribution < 1.29 is 4.79 Å². The van der Waals surface area contributed by atoms with E-state index in [9.17, 15) is 4.79 Å². The average Bonchev–Trinajstić information content (AvgIpc) is 3.48. The Morgan fingerprint density at radius 2 is 1.10 bits per heavy atom. The lowest BCUT2D eigenvalue weighted by atomic mass is 9.76. The molecule has 0 amide bonds. The number of carbonyl (C=O) groups is 1. The molecule has 0 bridgehead atoms. The summed E-state index contributed by atoms with van der Waals surface area (Å²) in [5, 5.41) is 2.02. The number of carbonyl (C=O) groups excluding carboxylic acids is 1. The fourth-order valence-electron chi connectivity index (χ4n) is 6.40. The quantitative estimate of drug-likeness (QED) is 0.160. The molecule has 6 aromatic carbocycles. The normalized spacial score (nSPS) is 11.6. The molecule has 1 aromatic heterocycles. The Balaban J connectivity index is 1.53. The smallest absolute Gasteiger partial charge is 0.150 e. The van der Waals surface area contributed by atoms with Crippen LogP contribution in [-0.2, 0) is 5.54 Å². The van der Waals surface area contributed by atoms with Crippen molar-refractivity contribution >= 4 is 28.1 Å². The molecule has 0 aliphatic carbocycles. The number of hydrogen-bond donors (Lipinski definition) is 0. The van der Waals surface area contributed by atoms with Gasteiger partial charge in [0.15, 0.2) is 6.29 Å². The summed E-state index contributed by atoms with van der Waals surface area (Å²) in [6.07, 6.45) is 2.92. The molecule has 0 aliphatic rings. The average molecular weight is 529 g/mol. The lowest BCUT2D eigenvalue weighted by molar-refractivity contribution is 0.112. The van der Waals surface area contributed by atoms with Crippen molar-refractivity contribution in [3.05, 3.63) is 174 Å². The van der Waals surface area contributed by atoms with Gasteiger partial charge in [-0.25, -0.2) is 4.98 Å². The van der Waals surface area contributed by atoms with Crippen molar-refractivity contribution in [2.45, 2.75) is 12.5 Å². The second-order valence-electron chi connectivity index (χ2n) is 10.4. The van der Waals surface area contributed by atoms with Crippen LogP contribution in [0.25, 0.3) is 32.9 Å². The highest BCUT2D eigenvalue weighted by Gasteiger charge is 2.39. The number of aromatic nitrogens is 2. The van der Waals surface area contributed by atoms with Crippen molar-refractivity contribution in [1.29, 1.82) is 0 Å². The first-order valence-electron chi connectivity index (χ1n) is 13.8. The van der Waals surface area contributed by atoms with Crippen LogP contribution in [0.4, 0.5) is 0 Å². The number of imidazole rings is 1. The third-order valence-corrected chi connectivity index (χ3v) is 8.28. The first kappa shape index (κ1) is 24.7. The minimum absolute atomic E-state index is 0.634. The molecule has 196 valence electrons. The van der Waals surface area contributed by atoms with Gasteiger partial charge in [0.05, 0.1) is 17.4 Å². The molecule has 3 heteroatoms. The van der Waals surface area contributed by atoms with E-state index >= 15 is 0 Å². The van der Waals surface area contributed by atoms with Crippen LogP contribution in [-0.4, -0.2) is 15.8 Å². The van der Waals surface area contributed by atoms with Crippen LogP contribution in [0, 0.1) is 6.92 Å². The van der Waals surface area contributed by atoms with Gasteiger partial charge in [0.1, 0.15) is 5.54 Å². The van der Waals surface area contributed by atoms with E-state index in [0.717, 1.165) is 61.5 Å². The molecule has 0 fully saturated rings. The number of nitrogens with zero attached hydrogens (tertiary/aromatic N) is 2. The topological polar surface area (TPSA) is 34.9 Å². The van der Waals surface area contributed by atoms with E-state index in [1.807, 2.05) is 30.6 Å². The molecular formula is C38H28N2O. The second kappa shape index (κ2) is 10.0. The Hall–Kier alpha value is -5.28. The number of benzene rings is 6. The van der Waals surface area contributed by atoms with E-state index in [-0.39, 0.29) is 0 Å². The summed E-state index contributed by atoms with van der Waals surface area (Å²) < 4.78 is 2.33. The van der Waals surface area contributed by atoms with Gasteiger partial charge in [-0.1, -0.05) is 133 Å². The monoisotopic (exact) mass is 528 g/mol. The van der Waals surface area contributed by atoms with Crippen LogP contribution < -0.4 is 0 Å². The Morgan fingerprint density at radius 1 is 0.585 bits per heavy atom. The standard InChI is InChI=1S/C38H28N2O/c1-27-32(35-22-21-28(25-41)33-19-11-12-20-34(33)35)23-24-36-37(27)39-26-40(36)38(29-13-5-2-6-14-29,30-15-7-3-8-16-30)31-17-9-4-10-18-31/h2-26H,1H3. The zero-order chi connectivity index (χ0) is 27.8. The summed E-state index contributed by atoms with van der Waals surface area (Å²) in [5.74, 6) is 0. The maximum atomic E-state index is 11.7. The molecule has 41 heavy (non-hydrogen) atoms. The van der Waals surface area contributed by atoms with Crippen molar-refractivity contribution in [3.63, 3.8) is 0 Å². The van der Waals surface area contributed by atoms with E-state index in [4.69, 9.17) is 4.98 Å². The molecule has 0 spiro atoms. The van der Waals surface area contributed by atoms with Gasteiger partial charge in [-0.05, 0) is 57.1 Å². The van der Waals surface area contributed by atoms with Gasteiger partial charge in [-0.3, -0.25) is 4.79 Å². The summed E-state index contributed by atoms with van der Waals surface area (Å²) in [6, 6.07) is 48.5. The zero-order valence-corrected chi connectivity index (χ0v) is 22.7. The molecule has 0 aliphatic heterocycles. The highest BCUT2D eigenvalue weighted by Crippen LogP contribution is 2.44. The summed E-state index contributed by atoms with van der Waals surface area (Å²) in [4.78, 5) is 16.8. The van der Waals surface area contributed by atoms with Crippen LogP contribution in [0.15, 0.2) is 146 Å². The van der Waals surface area contributed by atoms with Gasteiger partial charge < -0.3 is 4.57 Å². The maximum Gasteiger partial charge on any atom is 0.150 e. The largest absolute Gasteiger partial charge is 0.312 e. The van der Waals surface area contributed by atoms with Crippen LogP contribution in [0.2, 0.25) is 0 Å². The number of hydrogen-bond acceptors (Lipinski definition) is 2. The van der Waals surface area contributed by atoms with Crippen LogP contribution in [0.1, 0.15) is 32.6 Å². The molecule has 3 nitrogen and oxygen atoms in total. The molecule has 0 N–H and O–H groups in total. The molecular weight excluding hydrogens is 500 g/mol. The maximum absolute atomic E-state index is 11.7. The predicted octanol–water partition coefficient (Wildman–Crippen LogP) is 8.82. The third-order valence-electron chi connectivity index (χ3n) is 8.28. The third kappa shape index (κ3) is 3.81. The summed E-state index contributed by atoms with van der Waals surface area (Å²) >= 11 is 0. The van der Waals surface area contributed by atoms with Crippen LogP contribution >= 0.6 is 0 Å². The molecule has 0 atom stereocenters. The fourth-order valence-corrected chi connectivity index (χ4v) is 6.40. The molecule has 1 heterocycles. The van der Waals surface area contributed by atoms with Crippen molar-refractivity contribution in [1.82, 2.24) is 9.55 Å². The first-order valence-corrected chi connectivity index (χ1v) is 13.8. The molecule has 7 rings (SSSR count). The fraction of sp³-hybridized carbons (Fsp3) is 0.0526. The highest BCUT2D eigenvalue weighted by molar-refractivity contribution is 6.06. The number of aldehydes is 1. The Labute approximate surface area is 239 Å². The number of aryl methyl sites for hydroxylation is 1. The second-order valence-corrected chi connectivity index (χ2v) is 10.4. The Morgan fingerprint density at radius 3 is 1.66 bits per heavy atom. The molecule has 0 saturated heterocycles. The number of fused-ring (bicyclic) bond motifs is 2. The van der Waals surface area contributed by atoms with E-state index in [1.165, 1.54) is 0 Å². The van der Waals surface area contributed by atoms with Gasteiger partial charge in [0.25, 0.3) is 0 Å². The molecule has 0 unspecified atom stereocenters. The van der Waals surface area contributed by atoms with Crippen LogP contribution in [0.5, 0.6) is 0 Å². The Kier molecular flexibility index (Phi) is 6.06. The number of rotatable bonds is 6. The van der Waals surface area contributed by atoms with Gasteiger partial charge in [-0.15, -0.1) is 0 Å².